The van der Waals surface area contributed by atoms with Crippen LogP contribution >= 0.6 is 0 Å². The SMILES string of the molecule is CCOc1nc2cc(F)ccc2n1C1CCN(C(=O)C2(F)CCN(C/C(C=N)=C/C=[NH2+])CC2)CC1. The van der Waals surface area contributed by atoms with Crippen LogP contribution in [0.2, 0.25) is 0 Å². The molecule has 0 unspecified atom stereocenters. The van der Waals surface area contributed by atoms with Gasteiger partial charge < -0.3 is 15.0 Å². The van der Waals surface area contributed by atoms with Crippen LogP contribution in [0.5, 0.6) is 6.01 Å². The number of allylic oxidation sites excluding steroid dienone is 1. The highest BCUT2D eigenvalue weighted by atomic mass is 19.1. The van der Waals surface area contributed by atoms with E-state index < -0.39 is 11.6 Å². The van der Waals surface area contributed by atoms with E-state index in [0.717, 1.165) is 11.1 Å². The summed E-state index contributed by atoms with van der Waals surface area (Å²) < 4.78 is 37.1. The molecule has 10 heteroatoms. The first-order valence-corrected chi connectivity index (χ1v) is 12.1. The average Bonchev–Trinajstić information content (AvgIpc) is 3.22. The summed E-state index contributed by atoms with van der Waals surface area (Å²) in [6.07, 6.45) is 5.84. The molecule has 2 saturated heterocycles. The topological polar surface area (TPSA) is 100 Å². The fourth-order valence-corrected chi connectivity index (χ4v) is 5.05. The van der Waals surface area contributed by atoms with Gasteiger partial charge in [-0.3, -0.25) is 19.7 Å². The minimum absolute atomic E-state index is 0.0270. The van der Waals surface area contributed by atoms with E-state index in [0.29, 0.717) is 63.7 Å². The molecule has 2 aliphatic heterocycles. The van der Waals surface area contributed by atoms with Crippen LogP contribution in [0.3, 0.4) is 0 Å². The minimum Gasteiger partial charge on any atom is -0.465 e. The molecule has 2 fully saturated rings. The second-order valence-electron chi connectivity index (χ2n) is 9.17. The van der Waals surface area contributed by atoms with Crippen LogP contribution in [0.25, 0.3) is 11.0 Å². The monoisotopic (exact) mass is 487 g/mol. The Morgan fingerprint density at radius 3 is 2.63 bits per heavy atom. The van der Waals surface area contributed by atoms with Crippen molar-refractivity contribution in [3.05, 3.63) is 35.7 Å². The van der Waals surface area contributed by atoms with Crippen LogP contribution in [0.4, 0.5) is 8.78 Å². The number of alkyl halides is 1. The third kappa shape index (κ3) is 5.27. The van der Waals surface area contributed by atoms with Crippen molar-refractivity contribution in [2.75, 3.05) is 39.3 Å². The van der Waals surface area contributed by atoms with E-state index in [9.17, 15) is 9.18 Å². The van der Waals surface area contributed by atoms with Gasteiger partial charge in [-0.25, -0.2) is 8.78 Å². The van der Waals surface area contributed by atoms with Crippen molar-refractivity contribution in [3.8, 4) is 6.01 Å². The van der Waals surface area contributed by atoms with Crippen LogP contribution in [0, 0.1) is 11.2 Å². The van der Waals surface area contributed by atoms with Crippen molar-refractivity contribution in [1.82, 2.24) is 19.4 Å². The van der Waals surface area contributed by atoms with Crippen molar-refractivity contribution < 1.29 is 23.7 Å². The Morgan fingerprint density at radius 1 is 1.29 bits per heavy atom. The number of carbonyl (C=O) groups excluding carboxylic acids is 1. The molecule has 0 bridgehead atoms. The number of rotatable bonds is 8. The number of ether oxygens (including phenoxy) is 1. The highest BCUT2D eigenvalue weighted by Gasteiger charge is 2.45. The van der Waals surface area contributed by atoms with Gasteiger partial charge in [-0.05, 0) is 37.5 Å². The Balaban J connectivity index is 1.39. The maximum absolute atomic E-state index is 15.7. The van der Waals surface area contributed by atoms with E-state index in [1.54, 1.807) is 17.0 Å². The number of nitrogens with two attached hydrogens (primary N) is 1. The molecule has 3 heterocycles. The molecule has 188 valence electrons. The summed E-state index contributed by atoms with van der Waals surface area (Å²) in [6, 6.07) is 4.97. The number of hydrogen-bond donors (Lipinski definition) is 2. The Kier molecular flexibility index (Phi) is 7.59. The van der Waals surface area contributed by atoms with E-state index in [1.807, 2.05) is 16.4 Å². The first kappa shape index (κ1) is 25.0. The van der Waals surface area contributed by atoms with Crippen molar-refractivity contribution in [2.45, 2.75) is 44.3 Å². The third-order valence-electron chi connectivity index (χ3n) is 6.94. The molecule has 0 spiro atoms. The van der Waals surface area contributed by atoms with Crippen molar-refractivity contribution in [2.24, 2.45) is 0 Å². The molecule has 0 saturated carbocycles. The number of piperidine rings is 2. The number of nitrogens with zero attached hydrogens (tertiary/aromatic N) is 4. The molecule has 3 N–H and O–H groups in total. The third-order valence-corrected chi connectivity index (χ3v) is 6.94. The number of benzene rings is 1. The summed E-state index contributed by atoms with van der Waals surface area (Å²) in [7, 11) is 0. The second kappa shape index (κ2) is 10.6. The van der Waals surface area contributed by atoms with Crippen LogP contribution in [-0.2, 0) is 4.79 Å². The maximum atomic E-state index is 15.7. The van der Waals surface area contributed by atoms with Crippen LogP contribution in [0.1, 0.15) is 38.6 Å². The van der Waals surface area contributed by atoms with Crippen molar-refractivity contribution in [3.63, 3.8) is 0 Å². The van der Waals surface area contributed by atoms with Crippen molar-refractivity contribution in [1.29, 1.82) is 5.41 Å². The minimum atomic E-state index is -1.87. The molecule has 2 aromatic rings. The van der Waals surface area contributed by atoms with E-state index in [-0.39, 0.29) is 24.7 Å². The zero-order chi connectivity index (χ0) is 25.0. The molecular formula is C25H33F2N6O2+. The van der Waals surface area contributed by atoms with E-state index in [4.69, 9.17) is 15.6 Å². The predicted octanol–water partition coefficient (Wildman–Crippen LogP) is 1.95. The van der Waals surface area contributed by atoms with Gasteiger partial charge in [0, 0.05) is 70.0 Å². The maximum Gasteiger partial charge on any atom is 0.297 e. The molecule has 2 aliphatic rings. The number of aromatic nitrogens is 2. The molecule has 0 radical (unpaired) electrons. The van der Waals surface area contributed by atoms with Gasteiger partial charge in [-0.15, -0.1) is 0 Å². The van der Waals surface area contributed by atoms with Gasteiger partial charge in [-0.2, -0.15) is 4.98 Å². The molecule has 4 rings (SSSR count). The molecule has 8 nitrogen and oxygen atoms in total. The Hall–Kier alpha value is -3.14. The van der Waals surface area contributed by atoms with E-state index >= 15 is 4.39 Å². The van der Waals surface area contributed by atoms with Gasteiger partial charge >= 0.3 is 0 Å². The van der Waals surface area contributed by atoms with Gasteiger partial charge in [-0.1, -0.05) is 0 Å². The number of amides is 1. The molecule has 1 amide bonds. The molecule has 1 aromatic carbocycles. The number of imidazole rings is 1. The Bertz CT molecular complexity index is 1110. The van der Waals surface area contributed by atoms with Gasteiger partial charge in [0.25, 0.3) is 11.9 Å². The number of nitrogens with one attached hydrogen (secondary N) is 1. The first-order chi connectivity index (χ1) is 16.9. The lowest BCUT2D eigenvalue weighted by Gasteiger charge is -2.40. The predicted molar refractivity (Wildman–Crippen MR) is 130 cm³/mol. The number of fused-ring (bicyclic) bond motifs is 1. The average molecular weight is 488 g/mol. The first-order valence-electron chi connectivity index (χ1n) is 12.1. The number of likely N-dealkylation sites (tertiary alicyclic amines) is 2. The second-order valence-corrected chi connectivity index (χ2v) is 9.17. The smallest absolute Gasteiger partial charge is 0.297 e. The summed E-state index contributed by atoms with van der Waals surface area (Å²) >= 11 is 0. The lowest BCUT2D eigenvalue weighted by molar-refractivity contribution is -0.148. The normalized spacial score (nSPS) is 19.6. The molecule has 35 heavy (non-hydrogen) atoms. The lowest BCUT2D eigenvalue weighted by Crippen LogP contribution is -2.54. The van der Waals surface area contributed by atoms with E-state index in [2.05, 4.69) is 4.98 Å². The fourth-order valence-electron chi connectivity index (χ4n) is 5.05. The number of hydrogen-bond acceptors (Lipinski definition) is 5. The fraction of sp³-hybridized carbons (Fsp3) is 0.520. The van der Waals surface area contributed by atoms with E-state index in [1.165, 1.54) is 24.6 Å². The molecular weight excluding hydrogens is 454 g/mol. The van der Waals surface area contributed by atoms with Gasteiger partial charge in [0.15, 0.2) is 11.9 Å². The van der Waals surface area contributed by atoms with Gasteiger partial charge in [0.2, 0.25) is 0 Å². The molecule has 0 aliphatic carbocycles. The summed E-state index contributed by atoms with van der Waals surface area (Å²) in [6.45, 7) is 4.60. The molecule has 1 aromatic heterocycles. The van der Waals surface area contributed by atoms with Crippen LogP contribution in [0.15, 0.2) is 29.8 Å². The number of carbonyl (C=O) groups is 1. The lowest BCUT2D eigenvalue weighted by atomic mass is 9.90. The summed E-state index contributed by atoms with van der Waals surface area (Å²) in [5.41, 5.74) is 0.202. The quantitative estimate of drug-likeness (QED) is 0.556. The largest absolute Gasteiger partial charge is 0.465 e. The highest BCUT2D eigenvalue weighted by Crippen LogP contribution is 2.35. The standard InChI is InChI=1S/C25H32F2N6O2/c1-2-35-24-30-21-15-19(26)3-4-22(21)33(24)20-6-11-32(12-7-20)23(34)25(27)8-13-31(14-9-25)17-18(16-29)5-10-28/h3-5,10,15-16,20,28-29H,2,6-9,11-14,17H2,1H3/p+1/b18-5+,28-10?,29-16?. The van der Waals surface area contributed by atoms with Crippen molar-refractivity contribution >= 4 is 29.4 Å². The zero-order valence-corrected chi connectivity index (χ0v) is 20.1. The van der Waals surface area contributed by atoms with Crippen LogP contribution in [-0.4, -0.2) is 82.7 Å². The Morgan fingerprint density at radius 2 is 2.00 bits per heavy atom. The van der Waals surface area contributed by atoms with Gasteiger partial charge in [0.1, 0.15) is 5.82 Å². The highest BCUT2D eigenvalue weighted by molar-refractivity contribution is 5.86. The van der Waals surface area contributed by atoms with Gasteiger partial charge in [0.05, 0.1) is 17.6 Å². The Labute approximate surface area is 203 Å². The summed E-state index contributed by atoms with van der Waals surface area (Å²) in [4.78, 5) is 21.3. The summed E-state index contributed by atoms with van der Waals surface area (Å²) in [5, 5.41) is 12.9. The summed E-state index contributed by atoms with van der Waals surface area (Å²) in [5.74, 6) is -0.788. The molecule has 0 atom stereocenters. The number of halogens is 2. The zero-order valence-electron chi connectivity index (χ0n) is 20.1. The van der Waals surface area contributed by atoms with Crippen LogP contribution < -0.4 is 10.1 Å².